The fourth-order valence-electron chi connectivity index (χ4n) is 3.15. The first kappa shape index (κ1) is 17.9. The smallest absolute Gasteiger partial charge is 0.293 e. The zero-order chi connectivity index (χ0) is 18.7. The Kier molecular flexibility index (Phi) is 5.16. The van der Waals surface area contributed by atoms with E-state index in [2.05, 4.69) is 4.98 Å². The number of aromatic amines is 1. The number of nitrogens with zero attached hydrogens (tertiary/aromatic N) is 1. The second-order valence-electron chi connectivity index (χ2n) is 6.65. The quantitative estimate of drug-likeness (QED) is 0.765. The molecular weight excluding hydrogens is 331 g/mol. The SMILES string of the molecule is CC(C)c1c(Cc2ccc(F)cc2)n(Cc2ccccc2)c(=O)[nH]c1=O. The van der Waals surface area contributed by atoms with Crippen LogP contribution in [0.15, 0.2) is 64.2 Å². The van der Waals surface area contributed by atoms with Crippen molar-refractivity contribution in [1.82, 2.24) is 9.55 Å². The molecule has 1 heterocycles. The highest BCUT2D eigenvalue weighted by Crippen LogP contribution is 2.19. The van der Waals surface area contributed by atoms with Crippen LogP contribution in [0.25, 0.3) is 0 Å². The van der Waals surface area contributed by atoms with Gasteiger partial charge in [0, 0.05) is 17.7 Å². The summed E-state index contributed by atoms with van der Waals surface area (Å²) in [4.78, 5) is 27.4. The lowest BCUT2D eigenvalue weighted by molar-refractivity contribution is 0.625. The van der Waals surface area contributed by atoms with Crippen LogP contribution < -0.4 is 11.2 Å². The van der Waals surface area contributed by atoms with E-state index in [0.717, 1.165) is 11.1 Å². The van der Waals surface area contributed by atoms with Crippen molar-refractivity contribution in [3.8, 4) is 0 Å². The number of hydrogen-bond donors (Lipinski definition) is 1. The molecule has 0 aliphatic heterocycles. The maximum atomic E-state index is 13.2. The van der Waals surface area contributed by atoms with Gasteiger partial charge in [0.25, 0.3) is 5.56 Å². The van der Waals surface area contributed by atoms with E-state index in [9.17, 15) is 14.0 Å². The van der Waals surface area contributed by atoms with Crippen molar-refractivity contribution in [2.45, 2.75) is 32.7 Å². The van der Waals surface area contributed by atoms with Gasteiger partial charge in [0.05, 0.1) is 6.54 Å². The highest BCUT2D eigenvalue weighted by Gasteiger charge is 2.18. The van der Waals surface area contributed by atoms with Gasteiger partial charge in [0.1, 0.15) is 5.82 Å². The van der Waals surface area contributed by atoms with Crippen molar-refractivity contribution < 1.29 is 4.39 Å². The number of H-pyrrole nitrogens is 1. The summed E-state index contributed by atoms with van der Waals surface area (Å²) in [7, 11) is 0. The summed E-state index contributed by atoms with van der Waals surface area (Å²) in [6.07, 6.45) is 0.389. The van der Waals surface area contributed by atoms with Crippen molar-refractivity contribution in [2.75, 3.05) is 0 Å². The summed E-state index contributed by atoms with van der Waals surface area (Å²) in [6, 6.07) is 15.7. The highest BCUT2D eigenvalue weighted by atomic mass is 19.1. The first-order chi connectivity index (χ1) is 12.5. The van der Waals surface area contributed by atoms with Gasteiger partial charge in [-0.1, -0.05) is 56.3 Å². The van der Waals surface area contributed by atoms with Gasteiger partial charge in [0.15, 0.2) is 0 Å². The van der Waals surface area contributed by atoms with Gasteiger partial charge in [-0.25, -0.2) is 9.18 Å². The van der Waals surface area contributed by atoms with E-state index in [1.807, 2.05) is 44.2 Å². The summed E-state index contributed by atoms with van der Waals surface area (Å²) in [6.45, 7) is 4.22. The lowest BCUT2D eigenvalue weighted by Crippen LogP contribution is -2.36. The van der Waals surface area contributed by atoms with Gasteiger partial charge in [-0.3, -0.25) is 14.3 Å². The minimum Gasteiger partial charge on any atom is -0.293 e. The Hall–Kier alpha value is -2.95. The monoisotopic (exact) mass is 352 g/mol. The molecule has 0 bridgehead atoms. The summed E-state index contributed by atoms with van der Waals surface area (Å²) in [5, 5.41) is 0. The van der Waals surface area contributed by atoms with Crippen molar-refractivity contribution in [3.05, 3.63) is 104 Å². The van der Waals surface area contributed by atoms with Gasteiger partial charge >= 0.3 is 5.69 Å². The van der Waals surface area contributed by atoms with Crippen LogP contribution in [-0.4, -0.2) is 9.55 Å². The maximum Gasteiger partial charge on any atom is 0.328 e. The predicted molar refractivity (Wildman–Crippen MR) is 100 cm³/mol. The topological polar surface area (TPSA) is 54.9 Å². The number of aromatic nitrogens is 2. The van der Waals surface area contributed by atoms with Crippen LogP contribution in [0.2, 0.25) is 0 Å². The normalized spacial score (nSPS) is 11.1. The third kappa shape index (κ3) is 3.82. The molecule has 0 atom stereocenters. The Labute approximate surface area is 151 Å². The van der Waals surface area contributed by atoms with E-state index in [1.165, 1.54) is 12.1 Å². The molecule has 0 aliphatic carbocycles. The first-order valence-electron chi connectivity index (χ1n) is 8.60. The highest BCUT2D eigenvalue weighted by molar-refractivity contribution is 5.30. The van der Waals surface area contributed by atoms with E-state index in [1.54, 1.807) is 16.7 Å². The fraction of sp³-hybridized carbons (Fsp3) is 0.238. The average Bonchev–Trinajstić information content (AvgIpc) is 2.60. The van der Waals surface area contributed by atoms with Crippen LogP contribution in [0.3, 0.4) is 0 Å². The Morgan fingerprint density at radius 3 is 2.23 bits per heavy atom. The molecule has 3 aromatic rings. The number of nitrogens with one attached hydrogen (secondary N) is 1. The lowest BCUT2D eigenvalue weighted by atomic mass is 9.97. The van der Waals surface area contributed by atoms with Crippen LogP contribution >= 0.6 is 0 Å². The molecule has 1 N–H and O–H groups in total. The first-order valence-corrected chi connectivity index (χ1v) is 8.60. The molecule has 0 fully saturated rings. The molecule has 134 valence electrons. The standard InChI is InChI=1S/C21H21FN2O2/c1-14(2)19-18(12-15-8-10-17(22)11-9-15)24(21(26)23-20(19)25)13-16-6-4-3-5-7-16/h3-11,14H,12-13H2,1-2H3,(H,23,25,26). The van der Waals surface area contributed by atoms with E-state index in [-0.39, 0.29) is 17.3 Å². The van der Waals surface area contributed by atoms with Gasteiger partial charge in [-0.05, 0) is 29.2 Å². The van der Waals surface area contributed by atoms with Crippen LogP contribution in [0.5, 0.6) is 0 Å². The molecule has 0 unspecified atom stereocenters. The minimum absolute atomic E-state index is 0.0446. The van der Waals surface area contributed by atoms with Crippen LogP contribution in [-0.2, 0) is 13.0 Å². The molecule has 2 aromatic carbocycles. The van der Waals surface area contributed by atoms with Gasteiger partial charge in [-0.15, -0.1) is 0 Å². The summed E-state index contributed by atoms with van der Waals surface area (Å²) in [5.41, 5.74) is 2.29. The van der Waals surface area contributed by atoms with Crippen LogP contribution in [0.4, 0.5) is 4.39 Å². The third-order valence-electron chi connectivity index (χ3n) is 4.39. The molecular formula is C21H21FN2O2. The largest absolute Gasteiger partial charge is 0.328 e. The van der Waals surface area contributed by atoms with E-state index in [0.29, 0.717) is 24.2 Å². The van der Waals surface area contributed by atoms with E-state index in [4.69, 9.17) is 0 Å². The van der Waals surface area contributed by atoms with Crippen molar-refractivity contribution >= 4 is 0 Å². The molecule has 1 aromatic heterocycles. The number of hydrogen-bond acceptors (Lipinski definition) is 2. The number of benzene rings is 2. The predicted octanol–water partition coefficient (Wildman–Crippen LogP) is 3.44. The number of halogens is 1. The van der Waals surface area contributed by atoms with Crippen LogP contribution in [0.1, 0.15) is 42.1 Å². The van der Waals surface area contributed by atoms with Crippen molar-refractivity contribution in [3.63, 3.8) is 0 Å². The van der Waals surface area contributed by atoms with Gasteiger partial charge in [-0.2, -0.15) is 0 Å². The second kappa shape index (κ2) is 7.52. The van der Waals surface area contributed by atoms with Crippen molar-refractivity contribution in [2.24, 2.45) is 0 Å². The maximum absolute atomic E-state index is 13.2. The minimum atomic E-state index is -0.430. The van der Waals surface area contributed by atoms with Gasteiger partial charge in [0.2, 0.25) is 0 Å². The summed E-state index contributed by atoms with van der Waals surface area (Å²) in [5.74, 6) is -0.359. The Bertz CT molecular complexity index is 1000. The molecule has 0 saturated carbocycles. The van der Waals surface area contributed by atoms with E-state index >= 15 is 0 Å². The lowest BCUT2D eigenvalue weighted by Gasteiger charge is -2.18. The Morgan fingerprint density at radius 2 is 1.62 bits per heavy atom. The second-order valence-corrected chi connectivity index (χ2v) is 6.65. The molecule has 0 radical (unpaired) electrons. The summed E-state index contributed by atoms with van der Waals surface area (Å²) < 4.78 is 14.8. The summed E-state index contributed by atoms with van der Waals surface area (Å²) >= 11 is 0. The zero-order valence-corrected chi connectivity index (χ0v) is 14.8. The Morgan fingerprint density at radius 1 is 0.962 bits per heavy atom. The third-order valence-corrected chi connectivity index (χ3v) is 4.39. The molecule has 3 rings (SSSR count). The Balaban J connectivity index is 2.15. The molecule has 26 heavy (non-hydrogen) atoms. The van der Waals surface area contributed by atoms with Crippen molar-refractivity contribution in [1.29, 1.82) is 0 Å². The molecule has 0 aliphatic rings. The molecule has 5 heteroatoms. The van der Waals surface area contributed by atoms with Gasteiger partial charge < -0.3 is 0 Å². The molecule has 0 spiro atoms. The average molecular weight is 352 g/mol. The number of rotatable bonds is 5. The van der Waals surface area contributed by atoms with Crippen LogP contribution in [0, 0.1) is 5.82 Å². The zero-order valence-electron chi connectivity index (χ0n) is 14.8. The molecule has 0 amide bonds. The van der Waals surface area contributed by atoms with E-state index < -0.39 is 5.69 Å². The molecule has 0 saturated heterocycles. The molecule has 4 nitrogen and oxygen atoms in total. The fourth-order valence-corrected chi connectivity index (χ4v) is 3.15.